The molecule has 0 saturated carbocycles. The number of hydrogen-bond donors (Lipinski definition) is 2. The monoisotopic (exact) mass is 214 g/mol. The highest BCUT2D eigenvalue weighted by Crippen LogP contribution is 2.36. The maximum atomic E-state index is 10.7. The first kappa shape index (κ1) is 8.46. The van der Waals surface area contributed by atoms with E-state index in [4.69, 9.17) is 10.8 Å². The van der Waals surface area contributed by atoms with Gasteiger partial charge in [0.2, 0.25) is 0 Å². The molecule has 0 aromatic carbocycles. The van der Waals surface area contributed by atoms with Crippen molar-refractivity contribution in [2.75, 3.05) is 5.73 Å². The molecule has 4 nitrogen and oxygen atoms in total. The van der Waals surface area contributed by atoms with E-state index >= 15 is 0 Å². The Hall–Kier alpha value is -1.14. The lowest BCUT2D eigenvalue weighted by atomic mass is 10.4. The van der Waals surface area contributed by atoms with Crippen molar-refractivity contribution in [3.05, 3.63) is 9.88 Å². The maximum Gasteiger partial charge on any atom is 0.348 e. The number of aromatic carboxylic acids is 1. The third kappa shape index (κ3) is 1.18. The van der Waals surface area contributed by atoms with Crippen molar-refractivity contribution < 1.29 is 9.90 Å². The molecule has 2 heterocycles. The van der Waals surface area contributed by atoms with Crippen LogP contribution in [0.15, 0.2) is 0 Å². The summed E-state index contributed by atoms with van der Waals surface area (Å²) in [5.74, 6) is -0.981. The number of hydrogen-bond acceptors (Lipinski definition) is 5. The molecule has 13 heavy (non-hydrogen) atoms. The average molecular weight is 214 g/mol. The Bertz CT molecular complexity index is 486. The summed E-state index contributed by atoms with van der Waals surface area (Å²) in [5, 5.41) is 9.67. The number of nitrogens with zero attached hydrogens (tertiary/aromatic N) is 1. The van der Waals surface area contributed by atoms with Gasteiger partial charge in [0.25, 0.3) is 0 Å². The third-order valence-electron chi connectivity index (χ3n) is 1.59. The van der Waals surface area contributed by atoms with E-state index in [0.717, 1.165) is 25.9 Å². The van der Waals surface area contributed by atoms with E-state index in [-0.39, 0.29) is 4.88 Å². The SMILES string of the molecule is Cc1nc2sc(C(=O)O)c(N)c2s1. The third-order valence-corrected chi connectivity index (χ3v) is 3.81. The highest BCUT2D eigenvalue weighted by Gasteiger charge is 2.17. The molecule has 0 radical (unpaired) electrons. The van der Waals surface area contributed by atoms with Gasteiger partial charge < -0.3 is 10.8 Å². The molecular formula is C7H6N2O2S2. The lowest BCUT2D eigenvalue weighted by Gasteiger charge is -1.88. The Morgan fingerprint density at radius 2 is 2.23 bits per heavy atom. The van der Waals surface area contributed by atoms with E-state index in [1.54, 1.807) is 0 Å². The van der Waals surface area contributed by atoms with E-state index in [1.165, 1.54) is 11.3 Å². The van der Waals surface area contributed by atoms with Gasteiger partial charge in [0, 0.05) is 0 Å². The predicted octanol–water partition coefficient (Wildman–Crippen LogP) is 1.95. The van der Waals surface area contributed by atoms with Crippen LogP contribution in [-0.2, 0) is 0 Å². The second-order valence-corrected chi connectivity index (χ2v) is 4.72. The second-order valence-electron chi connectivity index (χ2n) is 2.52. The van der Waals surface area contributed by atoms with Crippen molar-refractivity contribution in [1.29, 1.82) is 0 Å². The zero-order chi connectivity index (χ0) is 9.59. The molecule has 0 spiro atoms. The van der Waals surface area contributed by atoms with Crippen LogP contribution in [-0.4, -0.2) is 16.1 Å². The zero-order valence-electron chi connectivity index (χ0n) is 6.70. The van der Waals surface area contributed by atoms with E-state index in [0.29, 0.717) is 5.69 Å². The van der Waals surface area contributed by atoms with E-state index < -0.39 is 5.97 Å². The van der Waals surface area contributed by atoms with Crippen LogP contribution in [0.2, 0.25) is 0 Å². The smallest absolute Gasteiger partial charge is 0.348 e. The first-order valence-electron chi connectivity index (χ1n) is 3.48. The first-order chi connectivity index (χ1) is 6.09. The molecule has 0 saturated heterocycles. The summed E-state index contributed by atoms with van der Waals surface area (Å²) in [6, 6.07) is 0. The fraction of sp³-hybridized carbons (Fsp3) is 0.143. The number of fused-ring (bicyclic) bond motifs is 1. The summed E-state index contributed by atoms with van der Waals surface area (Å²) in [5.41, 5.74) is 6.00. The quantitative estimate of drug-likeness (QED) is 0.760. The van der Waals surface area contributed by atoms with Gasteiger partial charge in [-0.25, -0.2) is 9.78 Å². The lowest BCUT2D eigenvalue weighted by Crippen LogP contribution is -1.96. The summed E-state index contributed by atoms with van der Waals surface area (Å²) in [6.07, 6.45) is 0. The largest absolute Gasteiger partial charge is 0.477 e. The Kier molecular flexibility index (Phi) is 1.74. The molecule has 0 atom stereocenters. The van der Waals surface area contributed by atoms with Crippen molar-refractivity contribution in [3.8, 4) is 0 Å². The molecule has 0 amide bonds. The van der Waals surface area contributed by atoms with Crippen LogP contribution in [0.1, 0.15) is 14.7 Å². The van der Waals surface area contributed by atoms with Crippen LogP contribution in [0.5, 0.6) is 0 Å². The topological polar surface area (TPSA) is 76.2 Å². The molecule has 3 N–H and O–H groups in total. The van der Waals surface area contributed by atoms with Gasteiger partial charge in [-0.1, -0.05) is 0 Å². The van der Waals surface area contributed by atoms with Gasteiger partial charge in [-0.15, -0.1) is 22.7 Å². The van der Waals surface area contributed by atoms with Crippen LogP contribution in [0.3, 0.4) is 0 Å². The van der Waals surface area contributed by atoms with Crippen LogP contribution in [0, 0.1) is 6.92 Å². The number of rotatable bonds is 1. The first-order valence-corrected chi connectivity index (χ1v) is 5.11. The van der Waals surface area contributed by atoms with Crippen molar-refractivity contribution in [3.63, 3.8) is 0 Å². The molecule has 0 aliphatic carbocycles. The Balaban J connectivity index is 2.76. The van der Waals surface area contributed by atoms with Gasteiger partial charge in [-0.3, -0.25) is 0 Å². The number of aromatic nitrogens is 1. The number of nitrogen functional groups attached to an aromatic ring is 1. The number of carbonyl (C=O) groups is 1. The second kappa shape index (κ2) is 2.68. The van der Waals surface area contributed by atoms with Crippen molar-refractivity contribution >= 4 is 43.9 Å². The zero-order valence-corrected chi connectivity index (χ0v) is 8.33. The Morgan fingerprint density at radius 1 is 1.54 bits per heavy atom. The van der Waals surface area contributed by atoms with Crippen molar-refractivity contribution in [2.24, 2.45) is 0 Å². The van der Waals surface area contributed by atoms with Gasteiger partial charge >= 0.3 is 5.97 Å². The molecule has 0 fully saturated rings. The molecule has 0 unspecified atom stereocenters. The molecule has 2 rings (SSSR count). The fourth-order valence-electron chi connectivity index (χ4n) is 1.06. The fourth-order valence-corrected chi connectivity index (χ4v) is 3.09. The van der Waals surface area contributed by atoms with Gasteiger partial charge in [0.1, 0.15) is 9.71 Å². The van der Waals surface area contributed by atoms with E-state index in [1.807, 2.05) is 6.92 Å². The standard InChI is InChI=1S/C7H6N2O2S2/c1-2-9-6-4(12-2)3(8)5(13-6)7(10)11/h8H2,1H3,(H,10,11). The van der Waals surface area contributed by atoms with Gasteiger partial charge in [0.05, 0.1) is 15.4 Å². The molecule has 0 aliphatic rings. The maximum absolute atomic E-state index is 10.7. The van der Waals surface area contributed by atoms with E-state index in [2.05, 4.69) is 4.98 Å². The molecule has 2 aromatic rings. The van der Waals surface area contributed by atoms with Crippen molar-refractivity contribution in [2.45, 2.75) is 6.92 Å². The summed E-state index contributed by atoms with van der Waals surface area (Å²) >= 11 is 2.56. The summed E-state index contributed by atoms with van der Waals surface area (Å²) in [6.45, 7) is 1.87. The minimum absolute atomic E-state index is 0.189. The summed E-state index contributed by atoms with van der Waals surface area (Å²) in [4.78, 5) is 15.8. The molecule has 0 bridgehead atoms. The molecule has 6 heteroatoms. The van der Waals surface area contributed by atoms with Crippen LogP contribution in [0.25, 0.3) is 9.53 Å². The van der Waals surface area contributed by atoms with Gasteiger partial charge in [-0.05, 0) is 6.92 Å². The van der Waals surface area contributed by atoms with Crippen LogP contribution < -0.4 is 5.73 Å². The number of carboxylic acid groups (broad SMARTS) is 1. The van der Waals surface area contributed by atoms with Crippen molar-refractivity contribution in [1.82, 2.24) is 4.98 Å². The number of aryl methyl sites for hydroxylation is 1. The molecule has 68 valence electrons. The van der Waals surface area contributed by atoms with Gasteiger partial charge in [0.15, 0.2) is 0 Å². The van der Waals surface area contributed by atoms with Crippen LogP contribution >= 0.6 is 22.7 Å². The minimum Gasteiger partial charge on any atom is -0.477 e. The van der Waals surface area contributed by atoms with E-state index in [9.17, 15) is 4.79 Å². The Labute approximate surface area is 81.6 Å². The molecular weight excluding hydrogens is 208 g/mol. The average Bonchev–Trinajstić information content (AvgIpc) is 2.51. The van der Waals surface area contributed by atoms with Crippen LogP contribution in [0.4, 0.5) is 5.69 Å². The Morgan fingerprint density at radius 3 is 2.77 bits per heavy atom. The predicted molar refractivity (Wildman–Crippen MR) is 53.6 cm³/mol. The normalized spacial score (nSPS) is 10.8. The van der Waals surface area contributed by atoms with Gasteiger partial charge in [-0.2, -0.15) is 0 Å². The number of carboxylic acids is 1. The number of thiophene rings is 1. The highest BCUT2D eigenvalue weighted by molar-refractivity contribution is 7.29. The summed E-state index contributed by atoms with van der Waals surface area (Å²) in [7, 11) is 0. The number of thiazole rings is 1. The highest BCUT2D eigenvalue weighted by atomic mass is 32.1. The minimum atomic E-state index is -0.981. The molecule has 2 aromatic heterocycles. The number of nitrogens with two attached hydrogens (primary N) is 1. The number of anilines is 1. The summed E-state index contributed by atoms with van der Waals surface area (Å²) < 4.78 is 0.792. The molecule has 0 aliphatic heterocycles. The lowest BCUT2D eigenvalue weighted by molar-refractivity contribution is 0.0703.